The van der Waals surface area contributed by atoms with Gasteiger partial charge in [-0.05, 0) is 38.8 Å². The SMILES string of the molecule is C#CC(C)(OC(=O)C(C)(C)C)c1ccc(-c2ccccc2)cc1. The number of ether oxygens (including phenoxy) is 1. The summed E-state index contributed by atoms with van der Waals surface area (Å²) >= 11 is 0. The second-order valence-electron chi connectivity index (χ2n) is 6.76. The van der Waals surface area contributed by atoms with E-state index in [1.165, 1.54) is 0 Å². The highest BCUT2D eigenvalue weighted by molar-refractivity contribution is 5.76. The van der Waals surface area contributed by atoms with E-state index in [-0.39, 0.29) is 5.97 Å². The van der Waals surface area contributed by atoms with Gasteiger partial charge < -0.3 is 4.74 Å². The van der Waals surface area contributed by atoms with Crippen LogP contribution in [-0.2, 0) is 15.1 Å². The minimum Gasteiger partial charge on any atom is -0.441 e. The van der Waals surface area contributed by atoms with Gasteiger partial charge in [0, 0.05) is 5.56 Å². The van der Waals surface area contributed by atoms with Gasteiger partial charge in [0.25, 0.3) is 0 Å². The van der Waals surface area contributed by atoms with Crippen LogP contribution in [-0.4, -0.2) is 5.97 Å². The molecule has 0 saturated carbocycles. The summed E-state index contributed by atoms with van der Waals surface area (Å²) in [6, 6.07) is 17.9. The first-order chi connectivity index (χ1) is 10.8. The zero-order chi connectivity index (χ0) is 17.1. The molecular weight excluding hydrogens is 284 g/mol. The van der Waals surface area contributed by atoms with Crippen LogP contribution in [0.4, 0.5) is 0 Å². The molecule has 2 rings (SSSR count). The smallest absolute Gasteiger partial charge is 0.313 e. The van der Waals surface area contributed by atoms with Crippen LogP contribution in [0.5, 0.6) is 0 Å². The lowest BCUT2D eigenvalue weighted by Crippen LogP contribution is -2.33. The molecular formula is C21H22O2. The normalized spacial score (nSPS) is 13.7. The Morgan fingerprint density at radius 3 is 1.91 bits per heavy atom. The summed E-state index contributed by atoms with van der Waals surface area (Å²) in [5.74, 6) is 2.30. The maximum absolute atomic E-state index is 12.2. The minimum absolute atomic E-state index is 0.315. The average Bonchev–Trinajstić information content (AvgIpc) is 2.55. The van der Waals surface area contributed by atoms with Crippen molar-refractivity contribution in [1.82, 2.24) is 0 Å². The maximum atomic E-state index is 12.2. The first-order valence-electron chi connectivity index (χ1n) is 7.63. The van der Waals surface area contributed by atoms with Gasteiger partial charge in [0.15, 0.2) is 5.60 Å². The molecule has 0 aliphatic rings. The van der Waals surface area contributed by atoms with Crippen LogP contribution < -0.4 is 0 Å². The lowest BCUT2D eigenvalue weighted by Gasteiger charge is -2.28. The Hall–Kier alpha value is -2.53. The Balaban J connectivity index is 2.29. The standard InChI is InChI=1S/C21H22O2/c1-6-21(5,23-19(22)20(2,3)4)18-14-12-17(13-15-18)16-10-8-7-9-11-16/h1,7-15H,2-5H3. The van der Waals surface area contributed by atoms with Crippen LogP contribution >= 0.6 is 0 Å². The van der Waals surface area contributed by atoms with E-state index in [2.05, 4.69) is 18.1 Å². The summed E-state index contributed by atoms with van der Waals surface area (Å²) in [5.41, 5.74) is 1.35. The van der Waals surface area contributed by atoms with E-state index in [4.69, 9.17) is 11.2 Å². The monoisotopic (exact) mass is 306 g/mol. The van der Waals surface area contributed by atoms with Crippen molar-refractivity contribution in [3.63, 3.8) is 0 Å². The molecule has 0 saturated heterocycles. The van der Waals surface area contributed by atoms with Crippen molar-refractivity contribution in [2.24, 2.45) is 5.41 Å². The van der Waals surface area contributed by atoms with Gasteiger partial charge >= 0.3 is 5.97 Å². The molecule has 118 valence electrons. The largest absolute Gasteiger partial charge is 0.441 e. The molecule has 0 spiro atoms. The average molecular weight is 306 g/mol. The van der Waals surface area contributed by atoms with Gasteiger partial charge in [-0.15, -0.1) is 6.42 Å². The zero-order valence-corrected chi connectivity index (χ0v) is 14.1. The molecule has 1 atom stereocenters. The van der Waals surface area contributed by atoms with Gasteiger partial charge in [0.1, 0.15) is 0 Å². The van der Waals surface area contributed by atoms with Crippen LogP contribution in [0.1, 0.15) is 33.3 Å². The molecule has 2 aromatic rings. The Morgan fingerprint density at radius 2 is 1.43 bits per heavy atom. The Kier molecular flexibility index (Phi) is 4.61. The summed E-state index contributed by atoms with van der Waals surface area (Å²) in [4.78, 5) is 12.2. The summed E-state index contributed by atoms with van der Waals surface area (Å²) < 4.78 is 5.61. The van der Waals surface area contributed by atoms with Crippen molar-refractivity contribution in [3.05, 3.63) is 60.2 Å². The molecule has 1 unspecified atom stereocenters. The van der Waals surface area contributed by atoms with Gasteiger partial charge in [-0.3, -0.25) is 4.79 Å². The van der Waals surface area contributed by atoms with E-state index in [1.807, 2.05) is 63.2 Å². The predicted octanol–water partition coefficient (Wildman–Crippen LogP) is 4.79. The molecule has 0 aromatic heterocycles. The van der Waals surface area contributed by atoms with E-state index in [9.17, 15) is 4.79 Å². The highest BCUT2D eigenvalue weighted by atomic mass is 16.6. The molecule has 0 bridgehead atoms. The summed E-state index contributed by atoms with van der Waals surface area (Å²) in [7, 11) is 0. The van der Waals surface area contributed by atoms with E-state index in [1.54, 1.807) is 6.92 Å². The van der Waals surface area contributed by atoms with Crippen LogP contribution in [0.3, 0.4) is 0 Å². The maximum Gasteiger partial charge on any atom is 0.313 e. The molecule has 0 aliphatic carbocycles. The third kappa shape index (κ3) is 3.81. The van der Waals surface area contributed by atoms with Crippen LogP contribution in [0.15, 0.2) is 54.6 Å². The molecule has 0 radical (unpaired) electrons. The van der Waals surface area contributed by atoms with Crippen LogP contribution in [0, 0.1) is 17.8 Å². The second kappa shape index (κ2) is 6.30. The molecule has 0 fully saturated rings. The molecule has 0 aliphatic heterocycles. The fourth-order valence-electron chi connectivity index (χ4n) is 2.12. The molecule has 2 aromatic carbocycles. The number of benzene rings is 2. The minimum atomic E-state index is -1.07. The highest BCUT2D eigenvalue weighted by Crippen LogP contribution is 2.30. The topological polar surface area (TPSA) is 26.3 Å². The quantitative estimate of drug-likeness (QED) is 0.602. The van der Waals surface area contributed by atoms with Crippen LogP contribution in [0.25, 0.3) is 11.1 Å². The third-order valence-electron chi connectivity index (χ3n) is 3.73. The van der Waals surface area contributed by atoms with Gasteiger partial charge in [0.05, 0.1) is 5.41 Å². The molecule has 2 nitrogen and oxygen atoms in total. The number of hydrogen-bond donors (Lipinski definition) is 0. The molecule has 2 heteroatoms. The molecule has 0 N–H and O–H groups in total. The number of terminal acetylenes is 1. The molecule has 0 amide bonds. The summed E-state index contributed by atoms with van der Waals surface area (Å²) in [5, 5.41) is 0. The Bertz CT molecular complexity index is 715. The number of carbonyl (C=O) groups excluding carboxylic acids is 1. The van der Waals surface area contributed by atoms with E-state index >= 15 is 0 Å². The van der Waals surface area contributed by atoms with Gasteiger partial charge in [-0.2, -0.15) is 0 Å². The van der Waals surface area contributed by atoms with Gasteiger partial charge in [-0.25, -0.2) is 0 Å². The van der Waals surface area contributed by atoms with E-state index in [0.717, 1.165) is 16.7 Å². The van der Waals surface area contributed by atoms with Crippen molar-refractivity contribution in [2.75, 3.05) is 0 Å². The van der Waals surface area contributed by atoms with E-state index < -0.39 is 11.0 Å². The van der Waals surface area contributed by atoms with Crippen molar-refractivity contribution < 1.29 is 9.53 Å². The molecule has 23 heavy (non-hydrogen) atoms. The molecule has 0 heterocycles. The lowest BCUT2D eigenvalue weighted by atomic mass is 9.92. The number of esters is 1. The van der Waals surface area contributed by atoms with Crippen molar-refractivity contribution >= 4 is 5.97 Å². The number of hydrogen-bond acceptors (Lipinski definition) is 2. The highest BCUT2D eigenvalue weighted by Gasteiger charge is 2.33. The van der Waals surface area contributed by atoms with Crippen molar-refractivity contribution in [2.45, 2.75) is 33.3 Å². The second-order valence-corrected chi connectivity index (χ2v) is 6.76. The van der Waals surface area contributed by atoms with E-state index in [0.29, 0.717) is 0 Å². The van der Waals surface area contributed by atoms with Gasteiger partial charge in [0.2, 0.25) is 0 Å². The first kappa shape index (κ1) is 16.8. The summed E-state index contributed by atoms with van der Waals surface area (Å²) in [6.07, 6.45) is 5.65. The number of rotatable bonds is 3. The fraction of sp³-hybridized carbons (Fsp3) is 0.286. The lowest BCUT2D eigenvalue weighted by molar-refractivity contribution is -0.163. The van der Waals surface area contributed by atoms with Gasteiger partial charge in [-0.1, -0.05) is 60.5 Å². The first-order valence-corrected chi connectivity index (χ1v) is 7.63. The number of carbonyl (C=O) groups is 1. The van der Waals surface area contributed by atoms with Crippen LogP contribution in [0.2, 0.25) is 0 Å². The summed E-state index contributed by atoms with van der Waals surface area (Å²) in [6.45, 7) is 7.18. The van der Waals surface area contributed by atoms with Crippen molar-refractivity contribution in [3.8, 4) is 23.5 Å². The fourth-order valence-corrected chi connectivity index (χ4v) is 2.12. The third-order valence-corrected chi connectivity index (χ3v) is 3.73. The Morgan fingerprint density at radius 1 is 0.913 bits per heavy atom. The Labute approximate surface area is 138 Å². The zero-order valence-electron chi connectivity index (χ0n) is 14.1. The predicted molar refractivity (Wildman–Crippen MR) is 93.6 cm³/mol. The van der Waals surface area contributed by atoms with Crippen molar-refractivity contribution in [1.29, 1.82) is 0 Å².